The number of methoxy groups -OCH3 is 1. The summed E-state index contributed by atoms with van der Waals surface area (Å²) in [6.45, 7) is 3.80. The average Bonchev–Trinajstić information content (AvgIpc) is 2.79. The van der Waals surface area contributed by atoms with Gasteiger partial charge in [0.1, 0.15) is 11.4 Å². The summed E-state index contributed by atoms with van der Waals surface area (Å²) in [5.41, 5.74) is 1.67. The summed E-state index contributed by atoms with van der Waals surface area (Å²) in [6, 6.07) is 7.37. The molecule has 0 N–H and O–H groups in total. The Labute approximate surface area is 136 Å². The number of rotatable bonds is 3. The van der Waals surface area contributed by atoms with Crippen molar-refractivity contribution in [3.05, 3.63) is 35.5 Å². The van der Waals surface area contributed by atoms with Gasteiger partial charge in [-0.2, -0.15) is 0 Å². The Morgan fingerprint density at radius 3 is 2.61 bits per heavy atom. The normalized spacial score (nSPS) is 22.1. The molecule has 2 aliphatic rings. The molecule has 0 radical (unpaired) electrons. The maximum absolute atomic E-state index is 12.7. The first kappa shape index (κ1) is 15.6. The van der Waals surface area contributed by atoms with Crippen LogP contribution in [0, 0.1) is 5.92 Å². The van der Waals surface area contributed by atoms with E-state index in [4.69, 9.17) is 4.74 Å². The molecule has 1 aromatic carbocycles. The monoisotopic (exact) mass is 314 g/mol. The molecule has 1 aromatic rings. The van der Waals surface area contributed by atoms with E-state index in [2.05, 4.69) is 11.8 Å². The van der Waals surface area contributed by atoms with Crippen LogP contribution >= 0.6 is 0 Å². The largest absolute Gasteiger partial charge is 0.496 e. The number of hydrogen-bond acceptors (Lipinski definition) is 4. The van der Waals surface area contributed by atoms with Gasteiger partial charge in [-0.1, -0.05) is 25.1 Å². The van der Waals surface area contributed by atoms with Gasteiger partial charge in [-0.05, 0) is 24.8 Å². The second-order valence-corrected chi connectivity index (χ2v) is 6.29. The molecule has 0 aliphatic carbocycles. The highest BCUT2D eigenvalue weighted by atomic mass is 16.5. The number of piperidine rings is 1. The lowest BCUT2D eigenvalue weighted by Crippen LogP contribution is -2.38. The molecule has 5 heteroatoms. The van der Waals surface area contributed by atoms with Crippen LogP contribution in [-0.4, -0.2) is 48.9 Å². The summed E-state index contributed by atoms with van der Waals surface area (Å²) in [5, 5.41) is 0. The Kier molecular flexibility index (Phi) is 4.11. The van der Waals surface area contributed by atoms with Gasteiger partial charge in [0.05, 0.1) is 12.7 Å². The number of amides is 2. The number of carbonyl (C=O) groups is 2. The standard InChI is InChI=1S/C18H22N2O3/c1-12-7-6-10-20(11-12)16-15(17(21)19(2)18(16)22)13-8-4-5-9-14(13)23-3/h4-5,8-9,12H,6-7,10-11H2,1-3H3. The minimum Gasteiger partial charge on any atom is -0.496 e. The molecule has 1 fully saturated rings. The van der Waals surface area contributed by atoms with Crippen molar-refractivity contribution in [1.29, 1.82) is 0 Å². The van der Waals surface area contributed by atoms with E-state index in [1.54, 1.807) is 14.2 Å². The molecule has 1 unspecified atom stereocenters. The van der Waals surface area contributed by atoms with E-state index in [9.17, 15) is 9.59 Å². The molecule has 23 heavy (non-hydrogen) atoms. The van der Waals surface area contributed by atoms with Gasteiger partial charge in [-0.15, -0.1) is 0 Å². The highest BCUT2D eigenvalue weighted by Crippen LogP contribution is 2.36. The molecule has 0 saturated carbocycles. The molecule has 1 saturated heterocycles. The van der Waals surface area contributed by atoms with Crippen LogP contribution in [0.5, 0.6) is 5.75 Å². The van der Waals surface area contributed by atoms with E-state index >= 15 is 0 Å². The van der Waals surface area contributed by atoms with E-state index < -0.39 is 0 Å². The van der Waals surface area contributed by atoms with Crippen LogP contribution in [0.2, 0.25) is 0 Å². The van der Waals surface area contributed by atoms with Crippen molar-refractivity contribution in [2.24, 2.45) is 5.92 Å². The van der Waals surface area contributed by atoms with Crippen molar-refractivity contribution in [2.75, 3.05) is 27.2 Å². The zero-order valence-corrected chi connectivity index (χ0v) is 13.8. The van der Waals surface area contributed by atoms with Gasteiger partial charge in [0.15, 0.2) is 0 Å². The van der Waals surface area contributed by atoms with E-state index in [0.717, 1.165) is 25.9 Å². The van der Waals surface area contributed by atoms with Crippen LogP contribution in [0.25, 0.3) is 5.57 Å². The van der Waals surface area contributed by atoms with E-state index in [0.29, 0.717) is 28.5 Å². The van der Waals surface area contributed by atoms with Crippen LogP contribution in [0.4, 0.5) is 0 Å². The van der Waals surface area contributed by atoms with E-state index in [1.165, 1.54) is 4.90 Å². The predicted octanol–water partition coefficient (Wildman–Crippen LogP) is 2.14. The molecule has 2 amide bonds. The second-order valence-electron chi connectivity index (χ2n) is 6.29. The first-order valence-corrected chi connectivity index (χ1v) is 7.99. The minimum absolute atomic E-state index is 0.218. The third-order valence-electron chi connectivity index (χ3n) is 4.61. The van der Waals surface area contributed by atoms with Crippen LogP contribution in [-0.2, 0) is 9.59 Å². The molecule has 2 aliphatic heterocycles. The van der Waals surface area contributed by atoms with Gasteiger partial charge in [0, 0.05) is 25.7 Å². The van der Waals surface area contributed by atoms with Gasteiger partial charge < -0.3 is 9.64 Å². The number of para-hydroxylation sites is 1. The zero-order chi connectivity index (χ0) is 16.6. The Balaban J connectivity index is 2.14. The molecular formula is C18H22N2O3. The molecule has 5 nitrogen and oxygen atoms in total. The highest BCUT2D eigenvalue weighted by Gasteiger charge is 2.41. The fourth-order valence-electron chi connectivity index (χ4n) is 3.41. The van der Waals surface area contributed by atoms with Crippen molar-refractivity contribution >= 4 is 17.4 Å². The number of imide groups is 1. The zero-order valence-electron chi connectivity index (χ0n) is 13.8. The van der Waals surface area contributed by atoms with Gasteiger partial charge in [0.25, 0.3) is 11.8 Å². The number of hydrogen-bond donors (Lipinski definition) is 0. The van der Waals surface area contributed by atoms with Crippen molar-refractivity contribution in [3.63, 3.8) is 0 Å². The van der Waals surface area contributed by atoms with Crippen LogP contribution in [0.3, 0.4) is 0 Å². The quantitative estimate of drug-likeness (QED) is 0.802. The number of nitrogens with zero attached hydrogens (tertiary/aromatic N) is 2. The lowest BCUT2D eigenvalue weighted by atomic mass is 9.97. The molecule has 3 rings (SSSR count). The lowest BCUT2D eigenvalue weighted by Gasteiger charge is -2.33. The molecular weight excluding hydrogens is 292 g/mol. The second kappa shape index (κ2) is 6.07. The first-order chi connectivity index (χ1) is 11.0. The molecule has 0 aromatic heterocycles. The topological polar surface area (TPSA) is 49.9 Å². The molecule has 122 valence electrons. The minimum atomic E-state index is -0.257. The number of benzene rings is 1. The summed E-state index contributed by atoms with van der Waals surface area (Å²) in [5.74, 6) is 0.656. The van der Waals surface area contributed by atoms with Crippen molar-refractivity contribution in [2.45, 2.75) is 19.8 Å². The van der Waals surface area contributed by atoms with Gasteiger partial charge in [-0.3, -0.25) is 14.5 Å². The van der Waals surface area contributed by atoms with Crippen LogP contribution < -0.4 is 4.74 Å². The third kappa shape index (κ3) is 2.60. The van der Waals surface area contributed by atoms with Gasteiger partial charge in [0.2, 0.25) is 0 Å². The van der Waals surface area contributed by atoms with Crippen molar-refractivity contribution in [1.82, 2.24) is 9.80 Å². The Morgan fingerprint density at radius 2 is 1.91 bits per heavy atom. The summed E-state index contributed by atoms with van der Waals surface area (Å²) < 4.78 is 5.40. The lowest BCUT2D eigenvalue weighted by molar-refractivity contribution is -0.136. The Hall–Kier alpha value is -2.30. The fraction of sp³-hybridized carbons (Fsp3) is 0.444. The molecule has 0 bridgehead atoms. The van der Waals surface area contributed by atoms with Crippen LogP contribution in [0.15, 0.2) is 30.0 Å². The first-order valence-electron chi connectivity index (χ1n) is 7.99. The molecule has 0 spiro atoms. The SMILES string of the molecule is COc1ccccc1C1=C(N2CCCC(C)C2)C(=O)N(C)C1=O. The molecule has 2 heterocycles. The van der Waals surface area contributed by atoms with Gasteiger partial charge in [-0.25, -0.2) is 0 Å². The summed E-state index contributed by atoms with van der Waals surface area (Å²) >= 11 is 0. The Bertz CT molecular complexity index is 681. The molecule has 1 atom stereocenters. The van der Waals surface area contributed by atoms with Crippen LogP contribution in [0.1, 0.15) is 25.3 Å². The predicted molar refractivity (Wildman–Crippen MR) is 87.7 cm³/mol. The number of ether oxygens (including phenoxy) is 1. The maximum atomic E-state index is 12.7. The Morgan fingerprint density at radius 1 is 1.17 bits per heavy atom. The van der Waals surface area contributed by atoms with Crippen molar-refractivity contribution in [3.8, 4) is 5.75 Å². The number of likely N-dealkylation sites (N-methyl/N-ethyl adjacent to an activating group) is 1. The maximum Gasteiger partial charge on any atom is 0.277 e. The smallest absolute Gasteiger partial charge is 0.277 e. The van der Waals surface area contributed by atoms with E-state index in [-0.39, 0.29) is 11.8 Å². The summed E-state index contributed by atoms with van der Waals surface area (Å²) in [6.07, 6.45) is 2.20. The highest BCUT2D eigenvalue weighted by molar-refractivity contribution is 6.35. The average molecular weight is 314 g/mol. The number of likely N-dealkylation sites (tertiary alicyclic amines) is 1. The van der Waals surface area contributed by atoms with E-state index in [1.807, 2.05) is 24.3 Å². The van der Waals surface area contributed by atoms with Crippen molar-refractivity contribution < 1.29 is 14.3 Å². The summed E-state index contributed by atoms with van der Waals surface area (Å²) in [4.78, 5) is 28.6. The fourth-order valence-corrected chi connectivity index (χ4v) is 3.41. The van der Waals surface area contributed by atoms with Gasteiger partial charge >= 0.3 is 0 Å². The third-order valence-corrected chi connectivity index (χ3v) is 4.61. The summed E-state index contributed by atoms with van der Waals surface area (Å²) in [7, 11) is 3.12. The number of carbonyl (C=O) groups excluding carboxylic acids is 2.